The molecule has 0 atom stereocenters. The Morgan fingerprint density at radius 1 is 0.865 bits per heavy atom. The molecule has 186 valence electrons. The maximum atomic E-state index is 13.2. The summed E-state index contributed by atoms with van der Waals surface area (Å²) in [5.41, 5.74) is 5.51. The number of aryl methyl sites for hydroxylation is 3. The van der Waals surface area contributed by atoms with Crippen molar-refractivity contribution in [2.75, 3.05) is 12.4 Å². The number of hydrogen-bond acceptors (Lipinski definition) is 4. The molecule has 0 spiro atoms. The zero-order valence-electron chi connectivity index (χ0n) is 21.0. The number of anilines is 1. The summed E-state index contributed by atoms with van der Waals surface area (Å²) in [4.78, 5) is 37.6. The lowest BCUT2D eigenvalue weighted by molar-refractivity contribution is 0.0961. The van der Waals surface area contributed by atoms with E-state index in [9.17, 15) is 14.4 Å². The zero-order valence-corrected chi connectivity index (χ0v) is 21.0. The van der Waals surface area contributed by atoms with E-state index >= 15 is 0 Å². The molecule has 3 aromatic carbocycles. The zero-order chi connectivity index (χ0) is 26.3. The van der Waals surface area contributed by atoms with Crippen molar-refractivity contribution in [1.82, 2.24) is 14.6 Å². The molecule has 8 nitrogen and oxygen atoms in total. The monoisotopic (exact) mass is 494 g/mol. The molecule has 0 radical (unpaired) electrons. The van der Waals surface area contributed by atoms with E-state index in [0.29, 0.717) is 28.1 Å². The molecular formula is C29H26N4O4. The summed E-state index contributed by atoms with van der Waals surface area (Å²) in [6.45, 7) is 1.77. The van der Waals surface area contributed by atoms with E-state index in [2.05, 4.69) is 10.6 Å². The lowest BCUT2D eigenvalue weighted by Crippen LogP contribution is -2.18. The fraction of sp³-hybridized carbons (Fsp3) is 0.138. The summed E-state index contributed by atoms with van der Waals surface area (Å²) in [5.74, 6) is 0.0844. The molecule has 0 aliphatic carbocycles. The summed E-state index contributed by atoms with van der Waals surface area (Å²) >= 11 is 0. The van der Waals surface area contributed by atoms with Crippen molar-refractivity contribution in [3.63, 3.8) is 0 Å². The fourth-order valence-electron chi connectivity index (χ4n) is 4.59. The number of hydrogen-bond donors (Lipinski definition) is 2. The first kappa shape index (κ1) is 23.9. The van der Waals surface area contributed by atoms with Gasteiger partial charge in [-0.3, -0.25) is 14.4 Å². The second-order valence-corrected chi connectivity index (χ2v) is 8.90. The second-order valence-electron chi connectivity index (χ2n) is 8.90. The molecule has 2 heterocycles. The van der Waals surface area contributed by atoms with Gasteiger partial charge in [0.15, 0.2) is 0 Å². The van der Waals surface area contributed by atoms with Crippen LogP contribution in [0.25, 0.3) is 33.2 Å². The van der Waals surface area contributed by atoms with Crippen molar-refractivity contribution in [2.45, 2.75) is 6.92 Å². The van der Waals surface area contributed by atoms with Gasteiger partial charge < -0.3 is 19.7 Å². The van der Waals surface area contributed by atoms with Gasteiger partial charge in [0.25, 0.3) is 17.4 Å². The highest BCUT2D eigenvalue weighted by molar-refractivity contribution is 6.13. The van der Waals surface area contributed by atoms with Crippen LogP contribution in [0.2, 0.25) is 0 Å². The number of carbonyl (C=O) groups excluding carboxylic acids is 2. The normalized spacial score (nSPS) is 11.0. The fourth-order valence-corrected chi connectivity index (χ4v) is 4.59. The van der Waals surface area contributed by atoms with Crippen molar-refractivity contribution >= 4 is 28.4 Å². The van der Waals surface area contributed by atoms with Gasteiger partial charge in [0.05, 0.1) is 11.1 Å². The molecule has 5 aromatic rings. The second kappa shape index (κ2) is 9.31. The molecule has 37 heavy (non-hydrogen) atoms. The Bertz CT molecular complexity index is 1720. The molecule has 2 N–H and O–H groups in total. The lowest BCUT2D eigenvalue weighted by Gasteiger charge is -2.08. The van der Waals surface area contributed by atoms with Crippen molar-refractivity contribution in [1.29, 1.82) is 0 Å². The van der Waals surface area contributed by atoms with E-state index in [1.54, 1.807) is 51.5 Å². The van der Waals surface area contributed by atoms with Crippen LogP contribution in [0.3, 0.4) is 0 Å². The van der Waals surface area contributed by atoms with E-state index < -0.39 is 0 Å². The molecule has 0 fully saturated rings. The Balaban J connectivity index is 1.47. The standard InChI is InChI=1S/C29H26N4O4/c1-17-26(29(36)33(4)37-17)19-10-8-18(9-11-19)20-12-13-25-23(15-20)24(16-32(25)3)28(35)31-22-7-5-6-21(14-22)27(34)30-2/h5-16H,1-4H3,(H,30,34)(H,31,35). The average molecular weight is 495 g/mol. The van der Waals surface area contributed by atoms with Crippen LogP contribution >= 0.6 is 0 Å². The predicted molar refractivity (Wildman–Crippen MR) is 144 cm³/mol. The highest BCUT2D eigenvalue weighted by atomic mass is 16.5. The lowest BCUT2D eigenvalue weighted by atomic mass is 9.99. The Labute approximate surface area is 213 Å². The predicted octanol–water partition coefficient (Wildman–Crippen LogP) is 4.72. The van der Waals surface area contributed by atoms with Crippen LogP contribution in [0.5, 0.6) is 0 Å². The van der Waals surface area contributed by atoms with Gasteiger partial charge in [0.1, 0.15) is 5.76 Å². The topological polar surface area (TPSA) is 98.3 Å². The minimum atomic E-state index is -0.265. The summed E-state index contributed by atoms with van der Waals surface area (Å²) in [6, 6.07) is 20.5. The van der Waals surface area contributed by atoms with Crippen molar-refractivity contribution < 1.29 is 14.1 Å². The smallest absolute Gasteiger partial charge is 0.290 e. The van der Waals surface area contributed by atoms with Crippen molar-refractivity contribution in [3.8, 4) is 22.3 Å². The van der Waals surface area contributed by atoms with Gasteiger partial charge in [0, 0.05) is 49.5 Å². The number of nitrogens with zero attached hydrogens (tertiary/aromatic N) is 2. The maximum absolute atomic E-state index is 13.2. The molecule has 0 bridgehead atoms. The average Bonchev–Trinajstić information content (AvgIpc) is 3.37. The van der Waals surface area contributed by atoms with Crippen LogP contribution in [0.4, 0.5) is 5.69 Å². The van der Waals surface area contributed by atoms with Gasteiger partial charge in [-0.15, -0.1) is 0 Å². The van der Waals surface area contributed by atoms with Crippen LogP contribution in [-0.2, 0) is 14.1 Å². The van der Waals surface area contributed by atoms with Crippen molar-refractivity contribution in [2.24, 2.45) is 14.1 Å². The van der Waals surface area contributed by atoms with E-state index in [1.165, 1.54) is 4.74 Å². The van der Waals surface area contributed by atoms with E-state index in [1.807, 2.05) is 54.1 Å². The molecule has 5 rings (SSSR count). The molecule has 0 aliphatic heterocycles. The van der Waals surface area contributed by atoms with Crippen LogP contribution in [0, 0.1) is 6.92 Å². The third kappa shape index (κ3) is 4.33. The molecule has 0 saturated heterocycles. The minimum absolute atomic E-state index is 0.174. The van der Waals surface area contributed by atoms with Gasteiger partial charge in [-0.05, 0) is 53.9 Å². The largest absolute Gasteiger partial charge is 0.381 e. The summed E-state index contributed by atoms with van der Waals surface area (Å²) < 4.78 is 8.55. The number of carbonyl (C=O) groups is 2. The van der Waals surface area contributed by atoms with Crippen LogP contribution in [0.1, 0.15) is 26.5 Å². The van der Waals surface area contributed by atoms with Gasteiger partial charge in [-0.25, -0.2) is 0 Å². The quantitative estimate of drug-likeness (QED) is 0.369. The van der Waals surface area contributed by atoms with Gasteiger partial charge >= 0.3 is 0 Å². The molecule has 2 aromatic heterocycles. The SMILES string of the molecule is CNC(=O)c1cccc(NC(=O)c2cn(C)c3ccc(-c4ccc(-c5c(C)on(C)c5=O)cc4)cc23)c1. The van der Waals surface area contributed by atoms with E-state index in [4.69, 9.17) is 4.52 Å². The summed E-state index contributed by atoms with van der Waals surface area (Å²) in [5, 5.41) is 6.30. The van der Waals surface area contributed by atoms with Crippen LogP contribution in [-0.4, -0.2) is 28.2 Å². The summed E-state index contributed by atoms with van der Waals surface area (Å²) in [6.07, 6.45) is 1.80. The first-order chi connectivity index (χ1) is 17.8. The van der Waals surface area contributed by atoms with Gasteiger partial charge in [-0.1, -0.05) is 36.4 Å². The number of rotatable bonds is 5. The Kier molecular flexibility index (Phi) is 6.01. The highest BCUT2D eigenvalue weighted by Crippen LogP contribution is 2.30. The Morgan fingerprint density at radius 2 is 1.57 bits per heavy atom. The Morgan fingerprint density at radius 3 is 2.24 bits per heavy atom. The van der Waals surface area contributed by atoms with Crippen molar-refractivity contribution in [3.05, 3.63) is 100 Å². The molecule has 2 amide bonds. The van der Waals surface area contributed by atoms with E-state index in [-0.39, 0.29) is 17.4 Å². The molecule has 0 unspecified atom stereocenters. The number of benzene rings is 3. The first-order valence-corrected chi connectivity index (χ1v) is 11.8. The number of fused-ring (bicyclic) bond motifs is 1. The number of amides is 2. The minimum Gasteiger partial charge on any atom is -0.381 e. The van der Waals surface area contributed by atoms with Crippen LogP contribution in [0.15, 0.2) is 82.2 Å². The Hall–Kier alpha value is -4.85. The third-order valence-electron chi connectivity index (χ3n) is 6.48. The summed E-state index contributed by atoms with van der Waals surface area (Å²) in [7, 11) is 5.05. The molecule has 0 aliphatic rings. The molecular weight excluding hydrogens is 468 g/mol. The van der Waals surface area contributed by atoms with Crippen LogP contribution < -0.4 is 16.2 Å². The van der Waals surface area contributed by atoms with E-state index in [0.717, 1.165) is 27.6 Å². The molecule has 8 heteroatoms. The number of nitrogens with one attached hydrogen (secondary N) is 2. The molecule has 0 saturated carbocycles. The van der Waals surface area contributed by atoms with Gasteiger partial charge in [0.2, 0.25) is 0 Å². The number of aromatic nitrogens is 2. The van der Waals surface area contributed by atoms with Gasteiger partial charge in [-0.2, -0.15) is 4.74 Å². The maximum Gasteiger partial charge on any atom is 0.290 e. The highest BCUT2D eigenvalue weighted by Gasteiger charge is 2.17. The third-order valence-corrected chi connectivity index (χ3v) is 6.48. The first-order valence-electron chi connectivity index (χ1n) is 11.8.